The van der Waals surface area contributed by atoms with E-state index in [0.717, 1.165) is 28.9 Å². The molecule has 0 aliphatic heterocycles. The summed E-state index contributed by atoms with van der Waals surface area (Å²) < 4.78 is 3.17. The Kier molecular flexibility index (Phi) is 3.36. The highest BCUT2D eigenvalue weighted by atomic mass is 127. The molecule has 0 amide bonds. The number of hydrogen-bond acceptors (Lipinski definition) is 2. The van der Waals surface area contributed by atoms with Crippen LogP contribution < -0.4 is 5.32 Å². The molecule has 4 heteroatoms. The molecule has 14 heavy (non-hydrogen) atoms. The van der Waals surface area contributed by atoms with Gasteiger partial charge in [0, 0.05) is 29.9 Å². The molecule has 0 bridgehead atoms. The molecule has 3 nitrogen and oxygen atoms in total. The lowest BCUT2D eigenvalue weighted by Crippen LogP contribution is -2.15. The van der Waals surface area contributed by atoms with Gasteiger partial charge in [-0.1, -0.05) is 28.7 Å². The minimum atomic E-state index is 0.852. The van der Waals surface area contributed by atoms with Gasteiger partial charge in [-0.25, -0.2) is 4.98 Å². The smallest absolute Gasteiger partial charge is 0.137 e. The molecular formula is C10H12IN3. The number of rotatable bonds is 4. The van der Waals surface area contributed by atoms with E-state index in [-0.39, 0.29) is 0 Å². The molecule has 0 atom stereocenters. The zero-order chi connectivity index (χ0) is 9.80. The maximum Gasteiger partial charge on any atom is 0.137 e. The third kappa shape index (κ3) is 2.24. The topological polar surface area (TPSA) is 29.3 Å². The molecule has 0 saturated carbocycles. The van der Waals surface area contributed by atoms with Crippen molar-refractivity contribution in [1.29, 1.82) is 0 Å². The molecule has 2 aromatic heterocycles. The van der Waals surface area contributed by atoms with E-state index in [1.807, 2.05) is 28.8 Å². The second-order valence-corrected chi connectivity index (χ2v) is 4.14. The highest BCUT2D eigenvalue weighted by Gasteiger charge is 1.98. The van der Waals surface area contributed by atoms with E-state index < -0.39 is 0 Å². The average molecular weight is 301 g/mol. The fraction of sp³-hybridized carbons (Fsp3) is 0.300. The molecule has 1 N–H and O–H groups in total. The molecule has 0 fully saturated rings. The monoisotopic (exact) mass is 301 g/mol. The number of pyridine rings is 1. The summed E-state index contributed by atoms with van der Waals surface area (Å²) in [4.78, 5) is 4.48. The van der Waals surface area contributed by atoms with Crippen LogP contribution >= 0.6 is 22.6 Å². The van der Waals surface area contributed by atoms with Crippen LogP contribution in [0.3, 0.4) is 0 Å². The minimum absolute atomic E-state index is 0.852. The van der Waals surface area contributed by atoms with Crippen molar-refractivity contribution >= 4 is 28.2 Å². The van der Waals surface area contributed by atoms with Crippen molar-refractivity contribution in [3.8, 4) is 0 Å². The number of halogens is 1. The summed E-state index contributed by atoms with van der Waals surface area (Å²) in [5.41, 5.74) is 2.11. The number of imidazole rings is 1. The van der Waals surface area contributed by atoms with Gasteiger partial charge in [0.05, 0.1) is 5.69 Å². The maximum atomic E-state index is 4.48. The van der Waals surface area contributed by atoms with Crippen LogP contribution in [0.15, 0.2) is 30.6 Å². The highest BCUT2D eigenvalue weighted by Crippen LogP contribution is 2.03. The summed E-state index contributed by atoms with van der Waals surface area (Å²) in [7, 11) is 0. The van der Waals surface area contributed by atoms with Gasteiger partial charge in [-0.3, -0.25) is 0 Å². The van der Waals surface area contributed by atoms with Gasteiger partial charge in [-0.2, -0.15) is 0 Å². The Balaban J connectivity index is 2.11. The van der Waals surface area contributed by atoms with Gasteiger partial charge in [0.1, 0.15) is 5.65 Å². The summed E-state index contributed by atoms with van der Waals surface area (Å²) in [5, 5.41) is 3.33. The molecule has 0 unspecified atom stereocenters. The summed E-state index contributed by atoms with van der Waals surface area (Å²) in [6, 6.07) is 6.03. The molecule has 0 radical (unpaired) electrons. The largest absolute Gasteiger partial charge is 0.310 e. The third-order valence-corrected chi connectivity index (χ3v) is 2.53. The molecule has 2 aromatic rings. The SMILES string of the molecule is ICCNCc1cn2ccccc2n1. The van der Waals surface area contributed by atoms with Crippen LogP contribution in [0.5, 0.6) is 0 Å². The summed E-state index contributed by atoms with van der Waals surface area (Å²) >= 11 is 2.36. The van der Waals surface area contributed by atoms with Gasteiger partial charge in [-0.05, 0) is 12.1 Å². The first-order chi connectivity index (χ1) is 6.90. The van der Waals surface area contributed by atoms with Crippen LogP contribution in [0, 0.1) is 0 Å². The fourth-order valence-corrected chi connectivity index (χ4v) is 1.74. The zero-order valence-corrected chi connectivity index (χ0v) is 9.94. The Hall–Kier alpha value is -0.620. The molecule has 2 rings (SSSR count). The first-order valence-corrected chi connectivity index (χ1v) is 6.12. The van der Waals surface area contributed by atoms with Gasteiger partial charge in [0.15, 0.2) is 0 Å². The number of nitrogens with zero attached hydrogens (tertiary/aromatic N) is 2. The lowest BCUT2D eigenvalue weighted by molar-refractivity contribution is 0.723. The van der Waals surface area contributed by atoms with E-state index in [1.54, 1.807) is 0 Å². The zero-order valence-electron chi connectivity index (χ0n) is 7.78. The lowest BCUT2D eigenvalue weighted by atomic mass is 10.5. The summed E-state index contributed by atoms with van der Waals surface area (Å²) in [5.74, 6) is 0. The van der Waals surface area contributed by atoms with Crippen molar-refractivity contribution in [3.63, 3.8) is 0 Å². The van der Waals surface area contributed by atoms with Crippen molar-refractivity contribution in [3.05, 3.63) is 36.3 Å². The summed E-state index contributed by atoms with van der Waals surface area (Å²) in [6.45, 7) is 1.89. The Morgan fingerprint density at radius 3 is 3.14 bits per heavy atom. The number of aromatic nitrogens is 2. The van der Waals surface area contributed by atoms with Crippen LogP contribution in [0.1, 0.15) is 5.69 Å². The number of nitrogens with one attached hydrogen (secondary N) is 1. The van der Waals surface area contributed by atoms with E-state index in [2.05, 4.69) is 39.1 Å². The second-order valence-electron chi connectivity index (χ2n) is 3.06. The van der Waals surface area contributed by atoms with Crippen molar-refractivity contribution < 1.29 is 0 Å². The third-order valence-electron chi connectivity index (χ3n) is 1.99. The van der Waals surface area contributed by atoms with E-state index in [9.17, 15) is 0 Å². The first kappa shape index (κ1) is 9.92. The molecule has 0 saturated heterocycles. The van der Waals surface area contributed by atoms with Gasteiger partial charge >= 0.3 is 0 Å². The Morgan fingerprint density at radius 1 is 1.43 bits per heavy atom. The summed E-state index contributed by atoms with van der Waals surface area (Å²) in [6.07, 6.45) is 4.08. The highest BCUT2D eigenvalue weighted by molar-refractivity contribution is 14.1. The predicted molar refractivity (Wildman–Crippen MR) is 65.8 cm³/mol. The molecule has 0 aliphatic rings. The molecule has 0 aromatic carbocycles. The van der Waals surface area contributed by atoms with Gasteiger partial charge in [0.25, 0.3) is 0 Å². The average Bonchev–Trinajstić information content (AvgIpc) is 2.60. The van der Waals surface area contributed by atoms with Gasteiger partial charge in [-0.15, -0.1) is 0 Å². The number of fused-ring (bicyclic) bond motifs is 1. The maximum absolute atomic E-state index is 4.48. The lowest BCUT2D eigenvalue weighted by Gasteiger charge is -1.96. The standard InChI is InChI=1S/C10H12IN3/c11-4-5-12-7-9-8-14-6-2-1-3-10(14)13-9/h1-3,6,8,12H,4-5,7H2. The second kappa shape index (κ2) is 4.75. The van der Waals surface area contributed by atoms with Crippen LogP contribution in [-0.2, 0) is 6.54 Å². The van der Waals surface area contributed by atoms with E-state index >= 15 is 0 Å². The Bertz CT molecular complexity index is 377. The fourth-order valence-electron chi connectivity index (χ4n) is 1.36. The van der Waals surface area contributed by atoms with E-state index in [1.165, 1.54) is 0 Å². The van der Waals surface area contributed by atoms with Crippen molar-refractivity contribution in [2.24, 2.45) is 0 Å². The van der Waals surface area contributed by atoms with E-state index in [4.69, 9.17) is 0 Å². The van der Waals surface area contributed by atoms with Crippen molar-refractivity contribution in [2.45, 2.75) is 6.54 Å². The molecular weight excluding hydrogens is 289 g/mol. The quantitative estimate of drug-likeness (QED) is 0.530. The Labute approximate surface area is 96.7 Å². The van der Waals surface area contributed by atoms with Crippen molar-refractivity contribution in [1.82, 2.24) is 14.7 Å². The van der Waals surface area contributed by atoms with Crippen LogP contribution in [-0.4, -0.2) is 20.4 Å². The molecule has 74 valence electrons. The minimum Gasteiger partial charge on any atom is -0.310 e. The van der Waals surface area contributed by atoms with Gasteiger partial charge in [0.2, 0.25) is 0 Å². The number of hydrogen-bond donors (Lipinski definition) is 1. The van der Waals surface area contributed by atoms with Crippen LogP contribution in [0.4, 0.5) is 0 Å². The molecule has 0 aliphatic carbocycles. The van der Waals surface area contributed by atoms with Crippen molar-refractivity contribution in [2.75, 3.05) is 11.0 Å². The molecule has 2 heterocycles. The van der Waals surface area contributed by atoms with Crippen LogP contribution in [0.2, 0.25) is 0 Å². The normalized spacial score (nSPS) is 10.9. The van der Waals surface area contributed by atoms with E-state index in [0.29, 0.717) is 0 Å². The first-order valence-electron chi connectivity index (χ1n) is 4.59. The number of alkyl halides is 1. The molecule has 0 spiro atoms. The Morgan fingerprint density at radius 2 is 2.36 bits per heavy atom. The van der Waals surface area contributed by atoms with Crippen LogP contribution in [0.25, 0.3) is 5.65 Å². The van der Waals surface area contributed by atoms with Gasteiger partial charge < -0.3 is 9.72 Å². The predicted octanol–water partition coefficient (Wildman–Crippen LogP) is 1.86.